The van der Waals surface area contributed by atoms with Gasteiger partial charge in [0.2, 0.25) is 0 Å². The molecular weight excluding hydrogens is 729 g/mol. The molecule has 0 N–H and O–H groups in total. The molecule has 4 nitrogen and oxygen atoms in total. The van der Waals surface area contributed by atoms with Crippen molar-refractivity contribution in [2.24, 2.45) is 0 Å². The number of aromatic nitrogens is 4. The Bertz CT molecular complexity index is 3290. The topological polar surface area (TPSA) is 35.6 Å². The van der Waals surface area contributed by atoms with Crippen LogP contribution in [-0.2, 0) is 0 Å². The lowest BCUT2D eigenvalue weighted by Gasteiger charge is -2.17. The SMILES string of the molecule is Cc1ccc2c(c1)c1cc(C)ccc1n2-c1cccc(-c2cc(-c3nc(-c4ccccc4)cc(-c4ccccc4)n3)ccc2-n2c3ccc(C)cc3c3cc(C)ccc32)c1. The number of aryl methyl sites for hydroxylation is 4. The van der Waals surface area contributed by atoms with Gasteiger partial charge in [0.15, 0.2) is 5.82 Å². The predicted octanol–water partition coefficient (Wildman–Crippen LogP) is 14.6. The fourth-order valence-corrected chi connectivity index (χ4v) is 9.04. The summed E-state index contributed by atoms with van der Waals surface area (Å²) in [4.78, 5) is 10.5. The summed E-state index contributed by atoms with van der Waals surface area (Å²) in [6.45, 7) is 8.70. The Morgan fingerprint density at radius 2 is 0.783 bits per heavy atom. The Hall–Kier alpha value is -7.56. The molecular formula is C56H42N4. The molecule has 0 spiro atoms. The average molecular weight is 771 g/mol. The van der Waals surface area contributed by atoms with Gasteiger partial charge in [-0.1, -0.05) is 119 Å². The summed E-state index contributed by atoms with van der Waals surface area (Å²) in [5, 5.41) is 5.03. The Morgan fingerprint density at radius 1 is 0.333 bits per heavy atom. The van der Waals surface area contributed by atoms with Crippen LogP contribution >= 0.6 is 0 Å². The minimum Gasteiger partial charge on any atom is -0.309 e. The van der Waals surface area contributed by atoms with Gasteiger partial charge in [0.05, 0.1) is 39.1 Å². The summed E-state index contributed by atoms with van der Waals surface area (Å²) in [6.07, 6.45) is 0. The van der Waals surface area contributed by atoms with Gasteiger partial charge in [0.25, 0.3) is 0 Å². The second-order valence-electron chi connectivity index (χ2n) is 16.2. The highest BCUT2D eigenvalue weighted by Crippen LogP contribution is 2.41. The first-order valence-corrected chi connectivity index (χ1v) is 20.6. The molecule has 0 aliphatic rings. The van der Waals surface area contributed by atoms with E-state index in [0.29, 0.717) is 5.82 Å². The first-order valence-electron chi connectivity index (χ1n) is 20.6. The molecule has 0 fully saturated rings. The van der Waals surface area contributed by atoms with E-state index in [-0.39, 0.29) is 0 Å². The number of hydrogen-bond acceptors (Lipinski definition) is 2. The Morgan fingerprint density at radius 3 is 1.27 bits per heavy atom. The molecule has 0 amide bonds. The van der Waals surface area contributed by atoms with Gasteiger partial charge in [-0.25, -0.2) is 9.97 Å². The second kappa shape index (κ2) is 14.1. The van der Waals surface area contributed by atoms with Gasteiger partial charge in [-0.15, -0.1) is 0 Å². The lowest BCUT2D eigenvalue weighted by molar-refractivity contribution is 1.16. The van der Waals surface area contributed by atoms with Crippen LogP contribution in [0.5, 0.6) is 0 Å². The highest BCUT2D eigenvalue weighted by atomic mass is 15.0. The van der Waals surface area contributed by atoms with E-state index in [9.17, 15) is 0 Å². The van der Waals surface area contributed by atoms with E-state index in [0.717, 1.165) is 50.6 Å². The van der Waals surface area contributed by atoms with Crippen molar-refractivity contribution in [2.45, 2.75) is 27.7 Å². The standard InChI is InChI=1S/C56H42N4/c1-35-18-23-52-45(28-35)46-29-36(2)19-24-53(46)59(52)43-17-11-16-41(32-43)44-33-42(56-57-49(39-12-7-5-8-13-39)34-50(58-56)40-14-9-6-10-15-40)22-27-51(44)60-54-25-20-37(3)30-47(54)48-31-38(4)21-26-55(48)60/h5-34H,1-4H3. The molecule has 11 aromatic rings. The highest BCUT2D eigenvalue weighted by Gasteiger charge is 2.20. The van der Waals surface area contributed by atoms with Gasteiger partial charge < -0.3 is 9.13 Å². The molecule has 0 aliphatic carbocycles. The third-order valence-corrected chi connectivity index (χ3v) is 11.9. The smallest absolute Gasteiger partial charge is 0.160 e. The van der Waals surface area contributed by atoms with Crippen molar-refractivity contribution in [3.8, 4) is 56.4 Å². The maximum atomic E-state index is 5.26. The monoisotopic (exact) mass is 770 g/mol. The van der Waals surface area contributed by atoms with Gasteiger partial charge in [-0.05, 0) is 118 Å². The van der Waals surface area contributed by atoms with Crippen LogP contribution in [0.4, 0.5) is 0 Å². The highest BCUT2D eigenvalue weighted by molar-refractivity contribution is 6.11. The molecule has 11 rings (SSSR count). The lowest BCUT2D eigenvalue weighted by atomic mass is 9.99. The van der Waals surface area contributed by atoms with Crippen molar-refractivity contribution in [2.75, 3.05) is 0 Å². The molecule has 0 bridgehead atoms. The van der Waals surface area contributed by atoms with Crippen LogP contribution in [0, 0.1) is 27.7 Å². The molecule has 0 saturated carbocycles. The Kier molecular flexibility index (Phi) is 8.35. The van der Waals surface area contributed by atoms with Crippen LogP contribution in [0.25, 0.3) is 100 Å². The lowest BCUT2D eigenvalue weighted by Crippen LogP contribution is -2.01. The number of rotatable bonds is 6. The van der Waals surface area contributed by atoms with Crippen molar-refractivity contribution >= 4 is 43.6 Å². The Balaban J connectivity index is 1.19. The van der Waals surface area contributed by atoms with Crippen LogP contribution in [0.1, 0.15) is 22.3 Å². The third-order valence-electron chi connectivity index (χ3n) is 11.9. The summed E-state index contributed by atoms with van der Waals surface area (Å²) in [5.74, 6) is 0.681. The molecule has 0 saturated heterocycles. The van der Waals surface area contributed by atoms with Crippen molar-refractivity contribution in [3.05, 3.63) is 204 Å². The summed E-state index contributed by atoms with van der Waals surface area (Å²) in [7, 11) is 0. The van der Waals surface area contributed by atoms with Crippen molar-refractivity contribution in [3.63, 3.8) is 0 Å². The first kappa shape index (κ1) is 35.6. The molecule has 0 aliphatic heterocycles. The van der Waals surface area contributed by atoms with Crippen molar-refractivity contribution < 1.29 is 0 Å². The molecule has 0 atom stereocenters. The normalized spacial score (nSPS) is 11.7. The van der Waals surface area contributed by atoms with E-state index >= 15 is 0 Å². The molecule has 3 aromatic heterocycles. The van der Waals surface area contributed by atoms with Crippen molar-refractivity contribution in [1.29, 1.82) is 0 Å². The molecule has 3 heterocycles. The van der Waals surface area contributed by atoms with E-state index < -0.39 is 0 Å². The van der Waals surface area contributed by atoms with Gasteiger partial charge >= 0.3 is 0 Å². The van der Waals surface area contributed by atoms with Gasteiger partial charge in [-0.2, -0.15) is 0 Å². The minimum absolute atomic E-state index is 0.681. The van der Waals surface area contributed by atoms with E-state index in [1.165, 1.54) is 65.9 Å². The average Bonchev–Trinajstić information content (AvgIpc) is 3.77. The van der Waals surface area contributed by atoms with E-state index in [1.807, 2.05) is 12.1 Å². The number of benzene rings is 8. The summed E-state index contributed by atoms with van der Waals surface area (Å²) >= 11 is 0. The van der Waals surface area contributed by atoms with E-state index in [1.54, 1.807) is 0 Å². The maximum absolute atomic E-state index is 5.26. The van der Waals surface area contributed by atoms with Gasteiger partial charge in [0, 0.05) is 49.5 Å². The molecule has 0 radical (unpaired) electrons. The maximum Gasteiger partial charge on any atom is 0.160 e. The second-order valence-corrected chi connectivity index (χ2v) is 16.2. The fourth-order valence-electron chi connectivity index (χ4n) is 9.04. The zero-order valence-corrected chi connectivity index (χ0v) is 34.1. The van der Waals surface area contributed by atoms with Gasteiger partial charge in [-0.3, -0.25) is 0 Å². The van der Waals surface area contributed by atoms with E-state index in [2.05, 4.69) is 207 Å². The summed E-state index contributed by atoms with van der Waals surface area (Å²) in [5.41, 5.74) is 19.0. The van der Waals surface area contributed by atoms with Crippen LogP contribution < -0.4 is 0 Å². The summed E-state index contributed by atoms with van der Waals surface area (Å²) in [6, 6.07) is 65.9. The number of nitrogens with zero attached hydrogens (tertiary/aromatic N) is 4. The Labute approximate surface area is 349 Å². The number of fused-ring (bicyclic) bond motifs is 6. The van der Waals surface area contributed by atoms with Crippen LogP contribution in [0.3, 0.4) is 0 Å². The van der Waals surface area contributed by atoms with Crippen molar-refractivity contribution in [1.82, 2.24) is 19.1 Å². The zero-order valence-electron chi connectivity index (χ0n) is 34.1. The largest absolute Gasteiger partial charge is 0.309 e. The quantitative estimate of drug-likeness (QED) is 0.169. The van der Waals surface area contributed by atoms with Gasteiger partial charge in [0.1, 0.15) is 0 Å². The minimum atomic E-state index is 0.681. The predicted molar refractivity (Wildman–Crippen MR) is 251 cm³/mol. The molecule has 4 heteroatoms. The van der Waals surface area contributed by atoms with Crippen LogP contribution in [0.2, 0.25) is 0 Å². The molecule has 0 unspecified atom stereocenters. The third kappa shape index (κ3) is 5.99. The molecule has 286 valence electrons. The van der Waals surface area contributed by atoms with Crippen LogP contribution in [0.15, 0.2) is 182 Å². The molecule has 60 heavy (non-hydrogen) atoms. The number of hydrogen-bond donors (Lipinski definition) is 0. The summed E-state index contributed by atoms with van der Waals surface area (Å²) < 4.78 is 4.86. The van der Waals surface area contributed by atoms with E-state index in [4.69, 9.17) is 9.97 Å². The van der Waals surface area contributed by atoms with Crippen LogP contribution in [-0.4, -0.2) is 19.1 Å². The fraction of sp³-hybridized carbons (Fsp3) is 0.0714. The first-order chi connectivity index (χ1) is 29.4. The molecule has 8 aromatic carbocycles. The zero-order chi connectivity index (χ0) is 40.5.